The van der Waals surface area contributed by atoms with Crippen molar-refractivity contribution in [1.82, 2.24) is 9.78 Å². The minimum atomic E-state index is -0.107. The van der Waals surface area contributed by atoms with Crippen LogP contribution in [0, 0.1) is 6.92 Å². The number of rotatable bonds is 4. The molecular weight excluding hydrogens is 298 g/mol. The van der Waals surface area contributed by atoms with Gasteiger partial charge in [-0.15, -0.1) is 11.3 Å². The van der Waals surface area contributed by atoms with Gasteiger partial charge in [0.05, 0.1) is 17.2 Å². The molecule has 1 amide bonds. The summed E-state index contributed by atoms with van der Waals surface area (Å²) >= 11 is 1.45. The summed E-state index contributed by atoms with van der Waals surface area (Å²) in [6.07, 6.45) is 0. The average molecular weight is 315 g/mol. The van der Waals surface area contributed by atoms with E-state index < -0.39 is 0 Å². The first-order valence-electron chi connectivity index (χ1n) is 7.06. The predicted octanol–water partition coefficient (Wildman–Crippen LogP) is 3.59. The molecule has 1 aromatic carbocycles. The minimum absolute atomic E-state index is 0.107. The lowest BCUT2D eigenvalue weighted by atomic mass is 10.2. The third-order valence-corrected chi connectivity index (χ3v) is 4.54. The van der Waals surface area contributed by atoms with Gasteiger partial charge in [-0.3, -0.25) is 9.48 Å². The number of carbonyl (C=O) groups is 1. The Balaban J connectivity index is 1.79. The van der Waals surface area contributed by atoms with Crippen LogP contribution in [0.2, 0.25) is 0 Å². The van der Waals surface area contributed by atoms with E-state index in [1.54, 1.807) is 0 Å². The van der Waals surface area contributed by atoms with Crippen LogP contribution in [-0.2, 0) is 7.05 Å². The number of amides is 1. The minimum Gasteiger partial charge on any atom is -0.494 e. The van der Waals surface area contributed by atoms with E-state index in [9.17, 15) is 4.79 Å². The normalized spacial score (nSPS) is 10.9. The highest BCUT2D eigenvalue weighted by molar-refractivity contribution is 7.20. The van der Waals surface area contributed by atoms with E-state index in [0.717, 1.165) is 27.3 Å². The molecule has 0 saturated heterocycles. The number of anilines is 1. The van der Waals surface area contributed by atoms with Crippen LogP contribution in [-0.4, -0.2) is 22.3 Å². The van der Waals surface area contributed by atoms with Crippen LogP contribution in [0.1, 0.15) is 22.3 Å². The fourth-order valence-electron chi connectivity index (χ4n) is 2.31. The van der Waals surface area contributed by atoms with E-state index in [2.05, 4.69) is 10.4 Å². The number of thiophene rings is 1. The summed E-state index contributed by atoms with van der Waals surface area (Å²) in [5.74, 6) is 0.689. The second-order valence-corrected chi connectivity index (χ2v) is 5.98. The van der Waals surface area contributed by atoms with Gasteiger partial charge in [-0.2, -0.15) is 5.10 Å². The first kappa shape index (κ1) is 14.6. The Kier molecular flexibility index (Phi) is 3.85. The number of aryl methyl sites for hydroxylation is 2. The molecule has 0 bridgehead atoms. The highest BCUT2D eigenvalue weighted by atomic mass is 32.1. The predicted molar refractivity (Wildman–Crippen MR) is 88.9 cm³/mol. The second-order valence-electron chi connectivity index (χ2n) is 4.95. The molecule has 0 spiro atoms. The number of hydrogen-bond donors (Lipinski definition) is 1. The first-order chi connectivity index (χ1) is 10.6. The van der Waals surface area contributed by atoms with Crippen molar-refractivity contribution in [2.45, 2.75) is 13.8 Å². The largest absolute Gasteiger partial charge is 0.494 e. The van der Waals surface area contributed by atoms with Crippen LogP contribution in [0.5, 0.6) is 5.75 Å². The van der Waals surface area contributed by atoms with Gasteiger partial charge in [0.15, 0.2) is 0 Å². The SMILES string of the molecule is CCOc1ccc(NC(=O)c2cc3c(C)nn(C)c3s2)cc1. The van der Waals surface area contributed by atoms with Crippen LogP contribution in [0.3, 0.4) is 0 Å². The molecule has 3 aromatic rings. The van der Waals surface area contributed by atoms with Crippen molar-refractivity contribution < 1.29 is 9.53 Å². The zero-order valence-corrected chi connectivity index (χ0v) is 13.5. The lowest BCUT2D eigenvalue weighted by Crippen LogP contribution is -2.10. The molecule has 6 heteroatoms. The van der Waals surface area contributed by atoms with Gasteiger partial charge in [0.25, 0.3) is 5.91 Å². The molecule has 5 nitrogen and oxygen atoms in total. The molecule has 0 aliphatic rings. The molecule has 0 radical (unpaired) electrons. The Morgan fingerprint density at radius 1 is 1.36 bits per heavy atom. The molecular formula is C16H17N3O2S. The zero-order valence-electron chi connectivity index (χ0n) is 12.7. The maximum atomic E-state index is 12.4. The molecule has 2 heterocycles. The van der Waals surface area contributed by atoms with Gasteiger partial charge < -0.3 is 10.1 Å². The number of fused-ring (bicyclic) bond motifs is 1. The summed E-state index contributed by atoms with van der Waals surface area (Å²) in [4.78, 5) is 14.0. The summed E-state index contributed by atoms with van der Waals surface area (Å²) in [6, 6.07) is 9.26. The smallest absolute Gasteiger partial charge is 0.265 e. The molecule has 0 atom stereocenters. The second kappa shape index (κ2) is 5.81. The Bertz CT molecular complexity index is 783. The lowest BCUT2D eigenvalue weighted by Gasteiger charge is -2.06. The van der Waals surface area contributed by atoms with Crippen molar-refractivity contribution in [1.29, 1.82) is 0 Å². The third kappa shape index (κ3) is 2.69. The van der Waals surface area contributed by atoms with E-state index in [4.69, 9.17) is 4.74 Å². The van der Waals surface area contributed by atoms with Crippen molar-refractivity contribution >= 4 is 33.1 Å². The highest BCUT2D eigenvalue weighted by Gasteiger charge is 2.15. The van der Waals surface area contributed by atoms with Gasteiger partial charge >= 0.3 is 0 Å². The maximum absolute atomic E-state index is 12.4. The number of nitrogens with one attached hydrogen (secondary N) is 1. The van der Waals surface area contributed by atoms with Gasteiger partial charge in [-0.25, -0.2) is 0 Å². The summed E-state index contributed by atoms with van der Waals surface area (Å²) < 4.78 is 7.19. The number of nitrogens with zero attached hydrogens (tertiary/aromatic N) is 2. The van der Waals surface area contributed by atoms with E-state index in [1.165, 1.54) is 11.3 Å². The molecule has 0 unspecified atom stereocenters. The fraction of sp³-hybridized carbons (Fsp3) is 0.250. The number of aromatic nitrogens is 2. The fourth-order valence-corrected chi connectivity index (χ4v) is 3.33. The third-order valence-electron chi connectivity index (χ3n) is 3.34. The molecule has 0 fully saturated rings. The Hall–Kier alpha value is -2.34. The molecule has 0 aliphatic heterocycles. The lowest BCUT2D eigenvalue weighted by molar-refractivity contribution is 0.103. The Morgan fingerprint density at radius 2 is 2.09 bits per heavy atom. The van der Waals surface area contributed by atoms with Crippen molar-refractivity contribution in [3.05, 3.63) is 40.9 Å². The molecule has 2 aromatic heterocycles. The van der Waals surface area contributed by atoms with E-state index in [0.29, 0.717) is 11.5 Å². The summed E-state index contributed by atoms with van der Waals surface area (Å²) in [5.41, 5.74) is 1.69. The Labute approximate surface area is 132 Å². The highest BCUT2D eigenvalue weighted by Crippen LogP contribution is 2.28. The molecule has 1 N–H and O–H groups in total. The van der Waals surface area contributed by atoms with E-state index in [1.807, 2.05) is 55.9 Å². The van der Waals surface area contributed by atoms with Crippen molar-refractivity contribution in [3.8, 4) is 5.75 Å². The van der Waals surface area contributed by atoms with Crippen LogP contribution in [0.15, 0.2) is 30.3 Å². The molecule has 114 valence electrons. The molecule has 0 saturated carbocycles. The van der Waals surface area contributed by atoms with Crippen LogP contribution in [0.4, 0.5) is 5.69 Å². The van der Waals surface area contributed by atoms with Crippen LogP contribution in [0.25, 0.3) is 10.2 Å². The summed E-state index contributed by atoms with van der Waals surface area (Å²) in [7, 11) is 1.89. The van der Waals surface area contributed by atoms with E-state index >= 15 is 0 Å². The van der Waals surface area contributed by atoms with Crippen molar-refractivity contribution in [2.24, 2.45) is 7.05 Å². The standard InChI is InChI=1S/C16H17N3O2S/c1-4-21-12-7-5-11(6-8-12)17-15(20)14-9-13-10(2)18-19(3)16(13)22-14/h5-9H,4H2,1-3H3,(H,17,20). The number of benzene rings is 1. The Morgan fingerprint density at radius 3 is 2.73 bits per heavy atom. The maximum Gasteiger partial charge on any atom is 0.265 e. The molecule has 22 heavy (non-hydrogen) atoms. The van der Waals surface area contributed by atoms with Crippen LogP contribution < -0.4 is 10.1 Å². The quantitative estimate of drug-likeness (QED) is 0.800. The summed E-state index contributed by atoms with van der Waals surface area (Å²) in [6.45, 7) is 4.51. The number of ether oxygens (including phenoxy) is 1. The number of carbonyl (C=O) groups excluding carboxylic acids is 1. The van der Waals surface area contributed by atoms with Gasteiger partial charge in [0, 0.05) is 18.1 Å². The van der Waals surface area contributed by atoms with E-state index in [-0.39, 0.29) is 5.91 Å². The number of hydrogen-bond acceptors (Lipinski definition) is 4. The van der Waals surface area contributed by atoms with Gasteiger partial charge in [-0.1, -0.05) is 0 Å². The topological polar surface area (TPSA) is 56.1 Å². The van der Waals surface area contributed by atoms with Crippen molar-refractivity contribution in [2.75, 3.05) is 11.9 Å². The van der Waals surface area contributed by atoms with Gasteiger partial charge in [0.2, 0.25) is 0 Å². The first-order valence-corrected chi connectivity index (χ1v) is 7.87. The average Bonchev–Trinajstić information content (AvgIpc) is 3.04. The molecule has 3 rings (SSSR count). The molecule has 0 aliphatic carbocycles. The van der Waals surface area contributed by atoms with Crippen LogP contribution >= 0.6 is 11.3 Å². The zero-order chi connectivity index (χ0) is 15.7. The monoisotopic (exact) mass is 315 g/mol. The van der Waals surface area contributed by atoms with Gasteiger partial charge in [-0.05, 0) is 44.2 Å². The van der Waals surface area contributed by atoms with Gasteiger partial charge in [0.1, 0.15) is 10.6 Å². The van der Waals surface area contributed by atoms with Crippen molar-refractivity contribution in [3.63, 3.8) is 0 Å². The summed E-state index contributed by atoms with van der Waals surface area (Å²) in [5, 5.41) is 8.28.